The Hall–Kier alpha value is -0.150. The van der Waals surface area contributed by atoms with Crippen LogP contribution < -0.4 is 18.1 Å². The molecule has 0 bridgehead atoms. The predicted octanol–water partition coefficient (Wildman–Crippen LogP) is -3.33. The van der Waals surface area contributed by atoms with E-state index in [4.69, 9.17) is 19.9 Å². The second kappa shape index (κ2) is 17.2. The summed E-state index contributed by atoms with van der Waals surface area (Å²) >= 11 is 0. The molecule has 0 radical (unpaired) electrons. The average Bonchev–Trinajstić information content (AvgIpc) is 2.42. The van der Waals surface area contributed by atoms with E-state index >= 15 is 0 Å². The molecule has 0 saturated heterocycles. The molecule has 0 aromatic carbocycles. The summed E-state index contributed by atoms with van der Waals surface area (Å²) < 4.78 is 21.2. The van der Waals surface area contributed by atoms with Gasteiger partial charge in [0.2, 0.25) is 0 Å². The van der Waals surface area contributed by atoms with E-state index in [-0.39, 0.29) is 37.4 Å². The van der Waals surface area contributed by atoms with Crippen LogP contribution >= 0.6 is 12.4 Å². The van der Waals surface area contributed by atoms with Gasteiger partial charge in [0.25, 0.3) is 0 Å². The summed E-state index contributed by atoms with van der Waals surface area (Å²) in [6.45, 7) is 5.15. The molecule has 0 amide bonds. The first-order valence-corrected chi connectivity index (χ1v) is 6.84. The number of hydrogen-bond acceptors (Lipinski definition) is 6. The molecular weight excluding hydrogens is 335 g/mol. The van der Waals surface area contributed by atoms with E-state index in [1.807, 2.05) is 0 Å². The molecule has 0 fully saturated rings. The number of carbonyl (C=O) groups is 1. The van der Waals surface area contributed by atoms with Gasteiger partial charge in [0.15, 0.2) is 0 Å². The molecule has 0 atom stereocenters. The van der Waals surface area contributed by atoms with Crippen molar-refractivity contribution in [3.05, 3.63) is 0 Å². The third-order valence-corrected chi connectivity index (χ3v) is 2.76. The van der Waals surface area contributed by atoms with E-state index < -0.39 is 0 Å². The Morgan fingerprint density at radius 2 is 1.45 bits per heavy atom. The number of quaternary nitrogens is 1. The van der Waals surface area contributed by atoms with Gasteiger partial charge in [-0.25, -0.2) is 4.79 Å². The Morgan fingerprint density at radius 3 is 1.95 bits per heavy atom. The molecule has 0 aliphatic heterocycles. The van der Waals surface area contributed by atoms with E-state index in [9.17, 15) is 4.79 Å². The van der Waals surface area contributed by atoms with E-state index in [1.165, 1.54) is 7.11 Å². The number of esters is 1. The van der Waals surface area contributed by atoms with Crippen molar-refractivity contribution in [3.8, 4) is 0 Å². The zero-order valence-corrected chi connectivity index (χ0v) is 15.3. The molecule has 136 valence electrons. The van der Waals surface area contributed by atoms with Crippen LogP contribution in [0, 0.1) is 0 Å². The maximum Gasteiger partial charge on any atom is 0.331 e. The minimum absolute atomic E-state index is 0. The third-order valence-electron chi connectivity index (χ3n) is 2.76. The highest BCUT2D eigenvalue weighted by Gasteiger charge is 2.14. The summed E-state index contributed by atoms with van der Waals surface area (Å²) in [6.07, 6.45) is 0. The third kappa shape index (κ3) is 17.9. The molecule has 0 aliphatic rings. The number of ether oxygens (including phenoxy) is 4. The molecule has 0 unspecified atom stereocenters. The zero-order chi connectivity index (χ0) is 15.3. The number of likely N-dealkylation sites (N-methyl/N-ethyl adjacent to an activating group) is 1. The molecule has 0 aromatic rings. The molecule has 0 aliphatic carbocycles. The summed E-state index contributed by atoms with van der Waals surface area (Å²) in [6, 6.07) is 0. The second-order valence-corrected chi connectivity index (χ2v) is 5.03. The molecular formula is C13H30Cl2N2O5. The first kappa shape index (κ1) is 26.7. The van der Waals surface area contributed by atoms with Gasteiger partial charge in [-0.15, -0.1) is 12.4 Å². The van der Waals surface area contributed by atoms with Gasteiger partial charge in [0.1, 0.15) is 19.7 Å². The minimum Gasteiger partial charge on any atom is -1.00 e. The Morgan fingerprint density at radius 1 is 0.955 bits per heavy atom. The van der Waals surface area contributed by atoms with Gasteiger partial charge in [-0.2, -0.15) is 0 Å². The first-order chi connectivity index (χ1) is 9.52. The lowest BCUT2D eigenvalue weighted by Gasteiger charge is -2.29. The van der Waals surface area contributed by atoms with Crippen molar-refractivity contribution in [3.63, 3.8) is 0 Å². The molecule has 7 nitrogen and oxygen atoms in total. The SMILES string of the molecule is COC(=O)COCCOCC[N+](C)(C)CCOCCN.Cl.[Cl-]. The van der Waals surface area contributed by atoms with E-state index in [0.717, 1.165) is 17.6 Å². The van der Waals surface area contributed by atoms with Gasteiger partial charge in [0.05, 0.1) is 54.2 Å². The fourth-order valence-electron chi connectivity index (χ4n) is 1.35. The van der Waals surface area contributed by atoms with Crippen molar-refractivity contribution in [1.82, 2.24) is 0 Å². The molecule has 22 heavy (non-hydrogen) atoms. The Bertz CT molecular complexity index is 259. The summed E-state index contributed by atoms with van der Waals surface area (Å²) in [5.41, 5.74) is 5.35. The van der Waals surface area contributed by atoms with Crippen LogP contribution in [-0.4, -0.2) is 90.9 Å². The lowest BCUT2D eigenvalue weighted by atomic mass is 10.4. The van der Waals surface area contributed by atoms with Crippen molar-refractivity contribution in [1.29, 1.82) is 0 Å². The summed E-state index contributed by atoms with van der Waals surface area (Å²) in [4.78, 5) is 10.8. The smallest absolute Gasteiger partial charge is 0.331 e. The highest BCUT2D eigenvalue weighted by Crippen LogP contribution is 1.97. The van der Waals surface area contributed by atoms with Gasteiger partial charge in [0, 0.05) is 6.54 Å². The van der Waals surface area contributed by atoms with Crippen LogP contribution in [0.3, 0.4) is 0 Å². The minimum atomic E-state index is -0.375. The standard InChI is InChI=1S/C13H29N2O5.2ClH/c1-15(2,5-8-18-7-4-14)6-9-19-10-11-20-12-13(16)17-3;;/h4-12,14H2,1-3H3;2*1H/q+1;;/p-1. The molecule has 0 rings (SSSR count). The van der Waals surface area contributed by atoms with Gasteiger partial charge >= 0.3 is 5.97 Å². The van der Waals surface area contributed by atoms with Gasteiger partial charge in [-0.05, 0) is 0 Å². The number of methoxy groups -OCH3 is 1. The van der Waals surface area contributed by atoms with Crippen molar-refractivity contribution >= 4 is 18.4 Å². The first-order valence-electron chi connectivity index (χ1n) is 6.84. The van der Waals surface area contributed by atoms with Gasteiger partial charge < -0.3 is 41.6 Å². The van der Waals surface area contributed by atoms with E-state index in [1.54, 1.807) is 0 Å². The summed E-state index contributed by atoms with van der Waals surface area (Å²) in [5.74, 6) is -0.375. The van der Waals surface area contributed by atoms with E-state index in [0.29, 0.717) is 39.6 Å². The number of carbonyl (C=O) groups excluding carboxylic acids is 1. The van der Waals surface area contributed by atoms with Crippen LogP contribution in [0.1, 0.15) is 0 Å². The Kier molecular flexibility index (Phi) is 20.9. The fraction of sp³-hybridized carbons (Fsp3) is 0.923. The van der Waals surface area contributed by atoms with E-state index in [2.05, 4.69) is 18.8 Å². The number of nitrogens with two attached hydrogens (primary N) is 1. The number of nitrogens with zero attached hydrogens (tertiary/aromatic N) is 1. The largest absolute Gasteiger partial charge is 1.00 e. The van der Waals surface area contributed by atoms with Crippen molar-refractivity contribution in [2.75, 3.05) is 80.5 Å². The van der Waals surface area contributed by atoms with Gasteiger partial charge in [-0.1, -0.05) is 0 Å². The van der Waals surface area contributed by atoms with Crippen molar-refractivity contribution in [2.24, 2.45) is 5.73 Å². The summed E-state index contributed by atoms with van der Waals surface area (Å²) in [7, 11) is 5.59. The maximum absolute atomic E-state index is 10.8. The van der Waals surface area contributed by atoms with Crippen molar-refractivity contribution < 1.29 is 40.6 Å². The van der Waals surface area contributed by atoms with Gasteiger partial charge in [-0.3, -0.25) is 0 Å². The summed E-state index contributed by atoms with van der Waals surface area (Å²) in [5, 5.41) is 0. The molecule has 0 heterocycles. The van der Waals surface area contributed by atoms with Crippen LogP contribution in [0.25, 0.3) is 0 Å². The number of halogens is 2. The van der Waals surface area contributed by atoms with Crippen molar-refractivity contribution in [2.45, 2.75) is 0 Å². The normalized spacial score (nSPS) is 10.5. The average molecular weight is 365 g/mol. The maximum atomic E-state index is 10.8. The monoisotopic (exact) mass is 364 g/mol. The molecule has 0 saturated carbocycles. The molecule has 0 spiro atoms. The predicted molar refractivity (Wildman–Crippen MR) is 82.6 cm³/mol. The van der Waals surface area contributed by atoms with Crippen LogP contribution in [0.2, 0.25) is 0 Å². The van der Waals surface area contributed by atoms with Crippen LogP contribution in [0.4, 0.5) is 0 Å². The van der Waals surface area contributed by atoms with Crippen LogP contribution in [-0.2, 0) is 23.7 Å². The second-order valence-electron chi connectivity index (χ2n) is 5.03. The van der Waals surface area contributed by atoms with Crippen LogP contribution in [0.5, 0.6) is 0 Å². The molecule has 2 N–H and O–H groups in total. The van der Waals surface area contributed by atoms with Crippen LogP contribution in [0.15, 0.2) is 0 Å². The fourth-order valence-corrected chi connectivity index (χ4v) is 1.35. The lowest BCUT2D eigenvalue weighted by Crippen LogP contribution is -3.00. The quantitative estimate of drug-likeness (QED) is 0.209. The molecule has 0 aromatic heterocycles. The zero-order valence-electron chi connectivity index (χ0n) is 13.7. The highest BCUT2D eigenvalue weighted by molar-refractivity contribution is 5.85. The number of rotatable bonds is 13. The lowest BCUT2D eigenvalue weighted by molar-refractivity contribution is -0.891. The highest BCUT2D eigenvalue weighted by atomic mass is 35.5. The molecule has 9 heteroatoms. The Balaban J connectivity index is -0.00000180. The number of hydrogen-bond donors (Lipinski definition) is 1. The Labute approximate surface area is 145 Å². The topological polar surface area (TPSA) is 80.0 Å².